The molecule has 21 heavy (non-hydrogen) atoms. The Bertz CT molecular complexity index is 456. The van der Waals surface area contributed by atoms with Crippen LogP contribution in [-0.2, 0) is 20.7 Å². The van der Waals surface area contributed by atoms with Crippen LogP contribution in [0.1, 0.15) is 32.3 Å². The van der Waals surface area contributed by atoms with Crippen molar-refractivity contribution in [3.8, 4) is 0 Å². The van der Waals surface area contributed by atoms with Gasteiger partial charge < -0.3 is 10.1 Å². The van der Waals surface area contributed by atoms with Crippen molar-refractivity contribution < 1.29 is 14.3 Å². The summed E-state index contributed by atoms with van der Waals surface area (Å²) in [6.45, 7) is 3.82. The molecule has 2 atom stereocenters. The Balaban J connectivity index is 2.54. The van der Waals surface area contributed by atoms with Crippen LogP contribution < -0.4 is 5.32 Å². The van der Waals surface area contributed by atoms with E-state index in [9.17, 15) is 9.59 Å². The average molecular weight is 289 g/mol. The molecule has 0 saturated heterocycles. The highest BCUT2D eigenvalue weighted by atomic mass is 16.5. The van der Waals surface area contributed by atoms with Gasteiger partial charge in [0, 0.05) is 6.42 Å². The predicted octanol–water partition coefficient (Wildman–Crippen LogP) is 2.63. The fourth-order valence-corrected chi connectivity index (χ4v) is 1.98. The molecule has 114 valence electrons. The first-order valence-corrected chi connectivity index (χ1v) is 7.22. The Morgan fingerprint density at radius 2 is 2.05 bits per heavy atom. The van der Waals surface area contributed by atoms with Gasteiger partial charge in [0.2, 0.25) is 6.41 Å². The monoisotopic (exact) mass is 289 g/mol. The lowest BCUT2D eigenvalue weighted by Crippen LogP contribution is -2.40. The zero-order valence-corrected chi connectivity index (χ0v) is 12.6. The second kappa shape index (κ2) is 9.75. The highest BCUT2D eigenvalue weighted by Gasteiger charge is 2.21. The Labute approximate surface area is 126 Å². The van der Waals surface area contributed by atoms with E-state index >= 15 is 0 Å². The maximum Gasteiger partial charge on any atom is 0.329 e. The summed E-state index contributed by atoms with van der Waals surface area (Å²) in [5.41, 5.74) is 0.982. The number of rotatable bonds is 9. The summed E-state index contributed by atoms with van der Waals surface area (Å²) in [7, 11) is 0. The molecule has 0 aliphatic carbocycles. The number of hydrogen-bond acceptors (Lipinski definition) is 3. The van der Waals surface area contributed by atoms with Crippen LogP contribution in [0.15, 0.2) is 42.5 Å². The molecule has 1 N–H and O–H groups in total. The Kier molecular flexibility index (Phi) is 7.87. The zero-order chi connectivity index (χ0) is 15.5. The first-order valence-electron chi connectivity index (χ1n) is 7.22. The standard InChI is InChI=1S/C17H23NO3/c1-3-4-6-9-14(2)21-17(20)16(18-13-19)12-15-10-7-5-8-11-15/h3-5,7-8,10-11,13-14,16H,6,9,12H2,1-2H3,(H,18,19)/b4-3+/t14-,16+/m1/s1. The number of hydrogen-bond donors (Lipinski definition) is 1. The number of benzene rings is 1. The number of nitrogens with one attached hydrogen (secondary N) is 1. The molecule has 0 saturated carbocycles. The summed E-state index contributed by atoms with van der Waals surface area (Å²) in [4.78, 5) is 22.8. The van der Waals surface area contributed by atoms with Gasteiger partial charge in [0.15, 0.2) is 0 Å². The summed E-state index contributed by atoms with van der Waals surface area (Å²) in [6, 6.07) is 8.91. The van der Waals surface area contributed by atoms with Crippen molar-refractivity contribution >= 4 is 12.4 Å². The summed E-state index contributed by atoms with van der Waals surface area (Å²) in [5.74, 6) is -0.390. The minimum absolute atomic E-state index is 0.166. The summed E-state index contributed by atoms with van der Waals surface area (Å²) >= 11 is 0. The number of carbonyl (C=O) groups is 2. The summed E-state index contributed by atoms with van der Waals surface area (Å²) < 4.78 is 5.39. The van der Waals surface area contributed by atoms with Crippen LogP contribution in [0.4, 0.5) is 0 Å². The maximum atomic E-state index is 12.1. The molecule has 0 aliphatic rings. The van der Waals surface area contributed by atoms with Gasteiger partial charge in [-0.2, -0.15) is 0 Å². The molecule has 0 fully saturated rings. The third kappa shape index (κ3) is 6.75. The van der Waals surface area contributed by atoms with Gasteiger partial charge in [-0.1, -0.05) is 42.5 Å². The lowest BCUT2D eigenvalue weighted by atomic mass is 10.1. The Morgan fingerprint density at radius 1 is 1.33 bits per heavy atom. The third-order valence-corrected chi connectivity index (χ3v) is 3.13. The van der Waals surface area contributed by atoms with E-state index in [1.54, 1.807) is 0 Å². The smallest absolute Gasteiger partial charge is 0.329 e. The van der Waals surface area contributed by atoms with E-state index in [1.165, 1.54) is 0 Å². The van der Waals surface area contributed by atoms with Crippen LogP contribution in [-0.4, -0.2) is 24.5 Å². The lowest BCUT2D eigenvalue weighted by molar-refractivity contribution is -0.151. The van der Waals surface area contributed by atoms with Crippen molar-refractivity contribution in [2.24, 2.45) is 0 Å². The molecule has 0 radical (unpaired) electrons. The van der Waals surface area contributed by atoms with E-state index in [1.807, 2.05) is 56.3 Å². The molecule has 4 nitrogen and oxygen atoms in total. The van der Waals surface area contributed by atoms with E-state index in [0.29, 0.717) is 12.8 Å². The number of allylic oxidation sites excluding steroid dienone is 2. The molecule has 0 bridgehead atoms. The number of ether oxygens (including phenoxy) is 1. The van der Waals surface area contributed by atoms with E-state index in [4.69, 9.17) is 4.74 Å². The van der Waals surface area contributed by atoms with Gasteiger partial charge in [0.25, 0.3) is 0 Å². The van der Waals surface area contributed by atoms with Crippen LogP contribution >= 0.6 is 0 Å². The third-order valence-electron chi connectivity index (χ3n) is 3.13. The molecule has 0 aromatic heterocycles. The van der Waals surface area contributed by atoms with Gasteiger partial charge in [-0.25, -0.2) is 4.79 Å². The van der Waals surface area contributed by atoms with Crippen molar-refractivity contribution in [2.75, 3.05) is 0 Å². The van der Waals surface area contributed by atoms with Crippen LogP contribution in [0.25, 0.3) is 0 Å². The van der Waals surface area contributed by atoms with Gasteiger partial charge in [-0.05, 0) is 32.3 Å². The number of amides is 1. The highest BCUT2D eigenvalue weighted by molar-refractivity contribution is 5.78. The molecule has 1 rings (SSSR count). The molecule has 0 aliphatic heterocycles. The molecule has 1 amide bonds. The first-order chi connectivity index (χ1) is 10.2. The fraction of sp³-hybridized carbons (Fsp3) is 0.412. The fourth-order valence-electron chi connectivity index (χ4n) is 1.98. The summed E-state index contributed by atoms with van der Waals surface area (Å²) in [6.07, 6.45) is 6.46. The van der Waals surface area contributed by atoms with Crippen molar-refractivity contribution in [3.05, 3.63) is 48.0 Å². The highest BCUT2D eigenvalue weighted by Crippen LogP contribution is 2.08. The molecule has 0 unspecified atom stereocenters. The SMILES string of the molecule is C/C=C/CC[C@@H](C)OC(=O)[C@H](Cc1ccccc1)NC=O. The van der Waals surface area contributed by atoms with Crippen molar-refractivity contribution in [3.63, 3.8) is 0 Å². The van der Waals surface area contributed by atoms with Gasteiger partial charge >= 0.3 is 5.97 Å². The van der Waals surface area contributed by atoms with Crippen LogP contribution in [0.5, 0.6) is 0 Å². The van der Waals surface area contributed by atoms with Crippen molar-refractivity contribution in [2.45, 2.75) is 45.3 Å². The molecule has 0 spiro atoms. The van der Waals surface area contributed by atoms with Gasteiger partial charge in [0.05, 0.1) is 6.10 Å². The quantitative estimate of drug-likeness (QED) is 0.432. The molecular formula is C17H23NO3. The average Bonchev–Trinajstić information content (AvgIpc) is 2.48. The van der Waals surface area contributed by atoms with Crippen LogP contribution in [0.2, 0.25) is 0 Å². The van der Waals surface area contributed by atoms with E-state index in [0.717, 1.165) is 18.4 Å². The zero-order valence-electron chi connectivity index (χ0n) is 12.6. The molecular weight excluding hydrogens is 266 g/mol. The second-order valence-electron chi connectivity index (χ2n) is 4.92. The minimum atomic E-state index is -0.644. The largest absolute Gasteiger partial charge is 0.461 e. The van der Waals surface area contributed by atoms with Gasteiger partial charge in [0.1, 0.15) is 6.04 Å². The topological polar surface area (TPSA) is 55.4 Å². The predicted molar refractivity (Wildman–Crippen MR) is 82.7 cm³/mol. The minimum Gasteiger partial charge on any atom is -0.461 e. The van der Waals surface area contributed by atoms with Crippen LogP contribution in [0.3, 0.4) is 0 Å². The molecule has 4 heteroatoms. The maximum absolute atomic E-state index is 12.1. The van der Waals surface area contributed by atoms with Crippen LogP contribution in [0, 0.1) is 0 Å². The van der Waals surface area contributed by atoms with Crippen molar-refractivity contribution in [1.29, 1.82) is 0 Å². The van der Waals surface area contributed by atoms with E-state index < -0.39 is 6.04 Å². The molecule has 0 heterocycles. The number of carbonyl (C=O) groups excluding carboxylic acids is 2. The van der Waals surface area contributed by atoms with Crippen molar-refractivity contribution in [1.82, 2.24) is 5.32 Å². The lowest BCUT2D eigenvalue weighted by Gasteiger charge is -2.19. The Hall–Kier alpha value is -2.10. The number of esters is 1. The molecule has 1 aromatic rings. The van der Waals surface area contributed by atoms with E-state index in [2.05, 4.69) is 5.32 Å². The van der Waals surface area contributed by atoms with E-state index in [-0.39, 0.29) is 12.1 Å². The second-order valence-corrected chi connectivity index (χ2v) is 4.92. The first kappa shape index (κ1) is 17.0. The Morgan fingerprint density at radius 3 is 2.67 bits per heavy atom. The van der Waals surface area contributed by atoms with Gasteiger partial charge in [-0.15, -0.1) is 0 Å². The molecule has 1 aromatic carbocycles. The van der Waals surface area contributed by atoms with Gasteiger partial charge in [-0.3, -0.25) is 4.79 Å². The summed E-state index contributed by atoms with van der Waals surface area (Å²) in [5, 5.41) is 2.53. The normalized spacial score (nSPS) is 13.6.